The predicted molar refractivity (Wildman–Crippen MR) is 69.3 cm³/mol. The van der Waals surface area contributed by atoms with Crippen molar-refractivity contribution in [3.05, 3.63) is 23.7 Å². The molecule has 0 amide bonds. The molecule has 0 aromatic carbocycles. The third-order valence-corrected chi connectivity index (χ3v) is 3.81. The molecule has 90 valence electrons. The molecule has 0 saturated heterocycles. The highest BCUT2D eigenvalue weighted by molar-refractivity contribution is 6.16. The van der Waals surface area contributed by atoms with Crippen LogP contribution in [-0.2, 0) is 5.88 Å². The number of imidazole rings is 1. The van der Waals surface area contributed by atoms with Gasteiger partial charge in [-0.3, -0.25) is 0 Å². The van der Waals surface area contributed by atoms with Crippen molar-refractivity contribution in [2.24, 2.45) is 5.92 Å². The zero-order chi connectivity index (χ0) is 12.0. The summed E-state index contributed by atoms with van der Waals surface area (Å²) in [4.78, 5) is 9.11. The number of nitrogens with zero attached hydrogens (tertiary/aromatic N) is 3. The monoisotopic (exact) mass is 249 g/mol. The smallest absolute Gasteiger partial charge is 0.160 e. The van der Waals surface area contributed by atoms with Crippen LogP contribution in [0.2, 0.25) is 0 Å². The fourth-order valence-electron chi connectivity index (χ4n) is 2.68. The van der Waals surface area contributed by atoms with Crippen molar-refractivity contribution in [3.63, 3.8) is 0 Å². The van der Waals surface area contributed by atoms with Gasteiger partial charge in [-0.05, 0) is 37.3 Å². The van der Waals surface area contributed by atoms with E-state index < -0.39 is 0 Å². The molecule has 1 aliphatic rings. The molecule has 0 aliphatic heterocycles. The van der Waals surface area contributed by atoms with Gasteiger partial charge in [0.2, 0.25) is 0 Å². The lowest BCUT2D eigenvalue weighted by Crippen LogP contribution is -2.26. The van der Waals surface area contributed by atoms with Crippen LogP contribution in [-0.4, -0.2) is 14.5 Å². The maximum atomic E-state index is 5.99. The van der Waals surface area contributed by atoms with Crippen LogP contribution < -0.4 is 0 Å². The van der Waals surface area contributed by atoms with E-state index in [1.807, 2.05) is 13.1 Å². The van der Waals surface area contributed by atoms with Crippen molar-refractivity contribution in [1.29, 1.82) is 0 Å². The van der Waals surface area contributed by atoms with E-state index in [2.05, 4.69) is 27.5 Å². The number of pyridine rings is 1. The summed E-state index contributed by atoms with van der Waals surface area (Å²) >= 11 is 5.99. The van der Waals surface area contributed by atoms with Gasteiger partial charge in [-0.2, -0.15) is 0 Å². The Labute approximate surface area is 106 Å². The first kappa shape index (κ1) is 11.0. The molecule has 2 heterocycles. The van der Waals surface area contributed by atoms with E-state index in [1.54, 1.807) is 0 Å². The number of halogens is 1. The Morgan fingerprint density at radius 1 is 1.47 bits per heavy atom. The maximum Gasteiger partial charge on any atom is 0.160 e. The van der Waals surface area contributed by atoms with E-state index in [0.717, 1.165) is 28.5 Å². The molecule has 0 atom stereocenters. The minimum absolute atomic E-state index is 0.459. The second-order valence-corrected chi connectivity index (χ2v) is 5.38. The first-order chi connectivity index (χ1) is 8.19. The van der Waals surface area contributed by atoms with Crippen molar-refractivity contribution in [3.8, 4) is 0 Å². The number of rotatable bonds is 2. The summed E-state index contributed by atoms with van der Waals surface area (Å²) in [6.07, 6.45) is 4.33. The number of aromatic nitrogens is 3. The van der Waals surface area contributed by atoms with Gasteiger partial charge in [-0.1, -0.05) is 6.92 Å². The van der Waals surface area contributed by atoms with Crippen molar-refractivity contribution in [2.45, 2.75) is 38.6 Å². The molecule has 1 fully saturated rings. The van der Waals surface area contributed by atoms with Crippen LogP contribution in [0.3, 0.4) is 0 Å². The van der Waals surface area contributed by atoms with E-state index in [4.69, 9.17) is 11.6 Å². The summed E-state index contributed by atoms with van der Waals surface area (Å²) in [5, 5.41) is 0. The van der Waals surface area contributed by atoms with E-state index in [-0.39, 0.29) is 0 Å². The maximum absolute atomic E-state index is 5.99. The summed E-state index contributed by atoms with van der Waals surface area (Å²) < 4.78 is 2.24. The van der Waals surface area contributed by atoms with Gasteiger partial charge in [0.1, 0.15) is 11.3 Å². The van der Waals surface area contributed by atoms with Crippen LogP contribution in [0.5, 0.6) is 0 Å². The molecule has 0 bridgehead atoms. The Kier molecular flexibility index (Phi) is 2.58. The standard InChI is InChI=1S/C13H16ClN3/c1-8-3-10(4-8)17-12(6-14)16-11-5-9(2)7-15-13(11)17/h5,7-8,10H,3-4,6H2,1-2H3. The lowest BCUT2D eigenvalue weighted by atomic mass is 9.81. The van der Waals surface area contributed by atoms with Crippen LogP contribution in [0, 0.1) is 12.8 Å². The number of hydrogen-bond donors (Lipinski definition) is 0. The molecular formula is C13H16ClN3. The molecule has 0 N–H and O–H groups in total. The van der Waals surface area contributed by atoms with Crippen LogP contribution in [0.25, 0.3) is 11.2 Å². The molecule has 0 spiro atoms. The highest BCUT2D eigenvalue weighted by Crippen LogP contribution is 2.39. The SMILES string of the molecule is Cc1cnc2c(c1)nc(CCl)n2C1CC(C)C1. The molecule has 1 aliphatic carbocycles. The van der Waals surface area contributed by atoms with Gasteiger partial charge >= 0.3 is 0 Å². The van der Waals surface area contributed by atoms with Gasteiger partial charge in [0, 0.05) is 12.2 Å². The van der Waals surface area contributed by atoms with E-state index >= 15 is 0 Å². The van der Waals surface area contributed by atoms with Gasteiger partial charge < -0.3 is 4.57 Å². The van der Waals surface area contributed by atoms with Gasteiger partial charge in [0.15, 0.2) is 5.65 Å². The normalized spacial score (nSPS) is 23.9. The molecule has 0 radical (unpaired) electrons. The lowest BCUT2D eigenvalue weighted by molar-refractivity contribution is 0.217. The zero-order valence-electron chi connectivity index (χ0n) is 10.2. The van der Waals surface area contributed by atoms with Crippen molar-refractivity contribution in [1.82, 2.24) is 14.5 Å². The molecule has 4 heteroatoms. The minimum Gasteiger partial charge on any atom is -0.309 e. The topological polar surface area (TPSA) is 30.7 Å². The second kappa shape index (κ2) is 3.98. The van der Waals surface area contributed by atoms with Gasteiger partial charge in [0.25, 0.3) is 0 Å². The van der Waals surface area contributed by atoms with Crippen LogP contribution >= 0.6 is 11.6 Å². The number of hydrogen-bond acceptors (Lipinski definition) is 2. The van der Waals surface area contributed by atoms with Crippen LogP contribution in [0.1, 0.15) is 37.2 Å². The Morgan fingerprint density at radius 2 is 2.24 bits per heavy atom. The molecule has 3 nitrogen and oxygen atoms in total. The lowest BCUT2D eigenvalue weighted by Gasteiger charge is -2.34. The molecule has 2 aromatic rings. The van der Waals surface area contributed by atoms with Gasteiger partial charge in [0.05, 0.1) is 5.88 Å². The summed E-state index contributed by atoms with van der Waals surface area (Å²) in [6.45, 7) is 4.32. The van der Waals surface area contributed by atoms with Crippen molar-refractivity contribution in [2.75, 3.05) is 0 Å². The molecular weight excluding hydrogens is 234 g/mol. The average Bonchev–Trinajstić information content (AvgIpc) is 2.62. The minimum atomic E-state index is 0.459. The quantitative estimate of drug-likeness (QED) is 0.764. The van der Waals surface area contributed by atoms with Crippen LogP contribution in [0.15, 0.2) is 12.3 Å². The third-order valence-electron chi connectivity index (χ3n) is 3.57. The highest BCUT2D eigenvalue weighted by Gasteiger charge is 2.30. The number of aryl methyl sites for hydroxylation is 1. The summed E-state index contributed by atoms with van der Waals surface area (Å²) in [5.74, 6) is 2.23. The van der Waals surface area contributed by atoms with E-state index in [0.29, 0.717) is 11.9 Å². The third kappa shape index (κ3) is 1.73. The molecule has 1 saturated carbocycles. The van der Waals surface area contributed by atoms with E-state index in [9.17, 15) is 0 Å². The first-order valence-electron chi connectivity index (χ1n) is 6.08. The van der Waals surface area contributed by atoms with Gasteiger partial charge in [-0.25, -0.2) is 9.97 Å². The summed E-state index contributed by atoms with van der Waals surface area (Å²) in [5.41, 5.74) is 3.11. The average molecular weight is 250 g/mol. The largest absolute Gasteiger partial charge is 0.309 e. The first-order valence-corrected chi connectivity index (χ1v) is 6.62. The summed E-state index contributed by atoms with van der Waals surface area (Å²) in [7, 11) is 0. The number of fused-ring (bicyclic) bond motifs is 1. The second-order valence-electron chi connectivity index (χ2n) is 5.12. The van der Waals surface area contributed by atoms with Crippen molar-refractivity contribution >= 4 is 22.8 Å². The Balaban J connectivity index is 2.13. The fraction of sp³-hybridized carbons (Fsp3) is 0.538. The molecule has 3 rings (SSSR count). The number of alkyl halides is 1. The van der Waals surface area contributed by atoms with E-state index in [1.165, 1.54) is 12.8 Å². The fourth-order valence-corrected chi connectivity index (χ4v) is 2.87. The Hall–Kier alpha value is -1.09. The molecule has 17 heavy (non-hydrogen) atoms. The molecule has 0 unspecified atom stereocenters. The molecule has 2 aromatic heterocycles. The summed E-state index contributed by atoms with van der Waals surface area (Å²) in [6, 6.07) is 2.62. The van der Waals surface area contributed by atoms with Crippen molar-refractivity contribution < 1.29 is 0 Å². The zero-order valence-corrected chi connectivity index (χ0v) is 10.9. The predicted octanol–water partition coefficient (Wildman–Crippen LogP) is 3.45. The van der Waals surface area contributed by atoms with Gasteiger partial charge in [-0.15, -0.1) is 11.6 Å². The van der Waals surface area contributed by atoms with Crippen LogP contribution in [0.4, 0.5) is 0 Å². The Bertz CT molecular complexity index is 555. The Morgan fingerprint density at radius 3 is 2.88 bits per heavy atom. The highest BCUT2D eigenvalue weighted by atomic mass is 35.5.